The van der Waals surface area contributed by atoms with Crippen LogP contribution in [0.25, 0.3) is 22.2 Å². The van der Waals surface area contributed by atoms with Crippen LogP contribution in [0.3, 0.4) is 0 Å². The van der Waals surface area contributed by atoms with E-state index in [1.807, 2.05) is 0 Å². The Morgan fingerprint density at radius 3 is 2.89 bits per heavy atom. The summed E-state index contributed by atoms with van der Waals surface area (Å²) in [6.07, 6.45) is 3.07. The van der Waals surface area contributed by atoms with Crippen LogP contribution in [0.5, 0.6) is 0 Å². The summed E-state index contributed by atoms with van der Waals surface area (Å²) < 4.78 is 5.23. The van der Waals surface area contributed by atoms with Gasteiger partial charge in [-0.05, 0) is 23.8 Å². The van der Waals surface area contributed by atoms with Gasteiger partial charge in [-0.3, -0.25) is 19.9 Å². The molecule has 0 aliphatic rings. The first kappa shape index (κ1) is 16.5. The van der Waals surface area contributed by atoms with Crippen LogP contribution in [0.2, 0.25) is 0 Å². The zero-order valence-corrected chi connectivity index (χ0v) is 13.9. The second-order valence-corrected chi connectivity index (χ2v) is 5.71. The molecule has 1 aromatic carbocycles. The molecule has 0 amide bonds. The molecule has 0 saturated heterocycles. The highest BCUT2D eigenvalue weighted by Gasteiger charge is 2.14. The van der Waals surface area contributed by atoms with Crippen LogP contribution in [-0.2, 0) is 6.54 Å². The summed E-state index contributed by atoms with van der Waals surface area (Å²) in [7, 11) is 0. The largest absolute Gasteiger partial charge is 0.467 e. The van der Waals surface area contributed by atoms with E-state index in [-0.39, 0.29) is 22.7 Å². The SMILES string of the molecule is O=c1[nH]c(NCc2ccco2)nc2nccc(-c3cccc([N+](=O)[O-])c3)c12. The maximum Gasteiger partial charge on any atom is 0.270 e. The molecular weight excluding hydrogens is 350 g/mol. The fraction of sp³-hybridized carbons (Fsp3) is 0.0556. The van der Waals surface area contributed by atoms with E-state index in [1.54, 1.807) is 36.6 Å². The lowest BCUT2D eigenvalue weighted by Crippen LogP contribution is -2.14. The topological polar surface area (TPSA) is 127 Å². The monoisotopic (exact) mass is 363 g/mol. The lowest BCUT2D eigenvalue weighted by Gasteiger charge is -2.08. The molecular formula is C18H13N5O4. The summed E-state index contributed by atoms with van der Waals surface area (Å²) in [4.78, 5) is 34.3. The Kier molecular flexibility index (Phi) is 4.09. The van der Waals surface area contributed by atoms with Crippen LogP contribution in [-0.4, -0.2) is 19.9 Å². The third-order valence-electron chi connectivity index (χ3n) is 3.99. The van der Waals surface area contributed by atoms with Crippen molar-refractivity contribution >= 4 is 22.7 Å². The third-order valence-corrected chi connectivity index (χ3v) is 3.99. The Morgan fingerprint density at radius 2 is 2.11 bits per heavy atom. The number of non-ortho nitro benzene ring substituents is 1. The number of hydrogen-bond donors (Lipinski definition) is 2. The Balaban J connectivity index is 1.76. The fourth-order valence-corrected chi connectivity index (χ4v) is 2.76. The lowest BCUT2D eigenvalue weighted by atomic mass is 10.0. The third kappa shape index (κ3) is 3.25. The number of H-pyrrole nitrogens is 1. The highest BCUT2D eigenvalue weighted by atomic mass is 16.6. The second-order valence-electron chi connectivity index (χ2n) is 5.71. The molecule has 0 bridgehead atoms. The molecule has 0 radical (unpaired) electrons. The van der Waals surface area contributed by atoms with Crippen molar-refractivity contribution in [3.8, 4) is 11.1 Å². The van der Waals surface area contributed by atoms with Crippen LogP contribution in [0.15, 0.2) is 64.1 Å². The van der Waals surface area contributed by atoms with E-state index < -0.39 is 10.5 Å². The molecule has 2 N–H and O–H groups in total. The molecule has 9 nitrogen and oxygen atoms in total. The molecule has 4 rings (SSSR count). The van der Waals surface area contributed by atoms with Gasteiger partial charge in [0.1, 0.15) is 5.76 Å². The summed E-state index contributed by atoms with van der Waals surface area (Å²) in [5.41, 5.74) is 0.857. The van der Waals surface area contributed by atoms with Crippen LogP contribution in [0.1, 0.15) is 5.76 Å². The zero-order chi connectivity index (χ0) is 18.8. The molecule has 0 saturated carbocycles. The van der Waals surface area contributed by atoms with Gasteiger partial charge in [-0.15, -0.1) is 0 Å². The number of nitro groups is 1. The van der Waals surface area contributed by atoms with Crippen molar-refractivity contribution in [2.24, 2.45) is 0 Å². The molecule has 3 aromatic heterocycles. The molecule has 0 fully saturated rings. The van der Waals surface area contributed by atoms with E-state index in [0.29, 0.717) is 23.4 Å². The van der Waals surface area contributed by atoms with E-state index in [9.17, 15) is 14.9 Å². The molecule has 4 aromatic rings. The fourth-order valence-electron chi connectivity index (χ4n) is 2.76. The maximum atomic E-state index is 12.6. The minimum absolute atomic E-state index is 0.0569. The minimum Gasteiger partial charge on any atom is -0.467 e. The number of pyridine rings is 1. The van der Waals surface area contributed by atoms with Gasteiger partial charge in [0.25, 0.3) is 11.2 Å². The van der Waals surface area contributed by atoms with Crippen molar-refractivity contribution < 1.29 is 9.34 Å². The van der Waals surface area contributed by atoms with Crippen LogP contribution in [0, 0.1) is 10.1 Å². The second kappa shape index (κ2) is 6.71. The van der Waals surface area contributed by atoms with Gasteiger partial charge >= 0.3 is 0 Å². The van der Waals surface area contributed by atoms with Gasteiger partial charge < -0.3 is 9.73 Å². The summed E-state index contributed by atoms with van der Waals surface area (Å²) in [6.45, 7) is 0.353. The first-order chi connectivity index (χ1) is 13.1. The van der Waals surface area contributed by atoms with Crippen molar-refractivity contribution in [1.82, 2.24) is 15.0 Å². The molecule has 134 valence electrons. The van der Waals surface area contributed by atoms with E-state index in [1.165, 1.54) is 18.3 Å². The lowest BCUT2D eigenvalue weighted by molar-refractivity contribution is -0.384. The van der Waals surface area contributed by atoms with Crippen molar-refractivity contribution in [3.05, 3.63) is 81.2 Å². The predicted molar refractivity (Wildman–Crippen MR) is 98.3 cm³/mol. The molecule has 0 aliphatic carbocycles. The Labute approximate surface area is 151 Å². The first-order valence-electron chi connectivity index (χ1n) is 8.02. The Morgan fingerprint density at radius 1 is 1.22 bits per heavy atom. The molecule has 0 spiro atoms. The number of nitrogens with zero attached hydrogens (tertiary/aromatic N) is 3. The molecule has 3 heterocycles. The van der Waals surface area contributed by atoms with Gasteiger partial charge in [0.05, 0.1) is 23.1 Å². The number of aromatic nitrogens is 3. The van der Waals surface area contributed by atoms with Crippen LogP contribution in [0.4, 0.5) is 11.6 Å². The van der Waals surface area contributed by atoms with Gasteiger partial charge in [-0.1, -0.05) is 12.1 Å². The van der Waals surface area contributed by atoms with E-state index >= 15 is 0 Å². The zero-order valence-electron chi connectivity index (χ0n) is 13.9. The average Bonchev–Trinajstić information content (AvgIpc) is 3.19. The summed E-state index contributed by atoms with van der Waals surface area (Å²) in [5, 5.41) is 14.3. The molecule has 9 heteroatoms. The Bertz CT molecular complexity index is 1180. The van der Waals surface area contributed by atoms with Crippen molar-refractivity contribution in [3.63, 3.8) is 0 Å². The number of nitrogens with one attached hydrogen (secondary N) is 2. The van der Waals surface area contributed by atoms with Crippen molar-refractivity contribution in [2.75, 3.05) is 5.32 Å². The molecule has 0 aliphatic heterocycles. The number of benzene rings is 1. The number of fused-ring (bicyclic) bond motifs is 1. The van der Waals surface area contributed by atoms with Crippen LogP contribution < -0.4 is 10.9 Å². The van der Waals surface area contributed by atoms with Crippen molar-refractivity contribution in [2.45, 2.75) is 6.54 Å². The average molecular weight is 363 g/mol. The first-order valence-corrected chi connectivity index (χ1v) is 8.02. The standard InChI is InChI=1S/C18H13N5O4/c24-17-15-14(11-3-1-4-12(9-11)23(25)26)6-7-19-16(15)21-18(22-17)20-10-13-5-2-8-27-13/h1-9H,10H2,(H2,19,20,21,22,24). The van der Waals surface area contributed by atoms with Gasteiger partial charge in [0.15, 0.2) is 5.65 Å². The summed E-state index contributed by atoms with van der Waals surface area (Å²) >= 11 is 0. The van der Waals surface area contributed by atoms with E-state index in [0.717, 1.165) is 0 Å². The quantitative estimate of drug-likeness (QED) is 0.412. The number of anilines is 1. The van der Waals surface area contributed by atoms with Crippen LogP contribution >= 0.6 is 0 Å². The van der Waals surface area contributed by atoms with Gasteiger partial charge in [0, 0.05) is 23.9 Å². The smallest absolute Gasteiger partial charge is 0.270 e. The number of furan rings is 1. The normalized spacial score (nSPS) is 10.8. The van der Waals surface area contributed by atoms with Gasteiger partial charge in [-0.25, -0.2) is 4.98 Å². The number of nitro benzene ring substituents is 1. The van der Waals surface area contributed by atoms with Gasteiger partial charge in [0.2, 0.25) is 5.95 Å². The number of aromatic amines is 1. The highest BCUT2D eigenvalue weighted by Crippen LogP contribution is 2.27. The van der Waals surface area contributed by atoms with E-state index in [2.05, 4.69) is 20.3 Å². The number of hydrogen-bond acceptors (Lipinski definition) is 7. The number of rotatable bonds is 5. The molecule has 27 heavy (non-hydrogen) atoms. The maximum absolute atomic E-state index is 12.6. The minimum atomic E-state index is -0.480. The van der Waals surface area contributed by atoms with E-state index in [4.69, 9.17) is 4.42 Å². The highest BCUT2D eigenvalue weighted by molar-refractivity contribution is 5.92. The Hall–Kier alpha value is -4.01. The summed E-state index contributed by atoms with van der Waals surface area (Å²) in [5.74, 6) is 0.948. The van der Waals surface area contributed by atoms with Crippen molar-refractivity contribution in [1.29, 1.82) is 0 Å². The molecule has 0 unspecified atom stereocenters. The molecule has 0 atom stereocenters. The summed E-state index contributed by atoms with van der Waals surface area (Å²) in [6, 6.07) is 11.3. The predicted octanol–water partition coefficient (Wildman–Crippen LogP) is 3.10. The van der Waals surface area contributed by atoms with Gasteiger partial charge in [-0.2, -0.15) is 4.98 Å².